The highest BCUT2D eigenvalue weighted by atomic mass is 16.5. The first-order valence-corrected chi connectivity index (χ1v) is 9.20. The Balaban J connectivity index is 1.58. The number of carbonyl (C=O) groups is 2. The van der Waals surface area contributed by atoms with Crippen LogP contribution in [0.2, 0.25) is 0 Å². The molecule has 2 aliphatic heterocycles. The van der Waals surface area contributed by atoms with Crippen LogP contribution in [0, 0.1) is 0 Å². The SMILES string of the molecule is CCOc1ccc(N2C[C@@H](NC(=O)N3C[C@@H](C)O[C@H](C)C3)CC2=O)cc1. The lowest BCUT2D eigenvalue weighted by molar-refractivity contribution is -0.117. The summed E-state index contributed by atoms with van der Waals surface area (Å²) in [6.45, 7) is 8.08. The number of urea groups is 1. The summed E-state index contributed by atoms with van der Waals surface area (Å²) < 4.78 is 11.1. The molecule has 26 heavy (non-hydrogen) atoms. The summed E-state index contributed by atoms with van der Waals surface area (Å²) in [6.07, 6.45) is 0.360. The number of nitrogens with zero attached hydrogens (tertiary/aromatic N) is 2. The number of anilines is 1. The summed E-state index contributed by atoms with van der Waals surface area (Å²) in [5.41, 5.74) is 0.823. The van der Waals surface area contributed by atoms with Gasteiger partial charge < -0.3 is 24.6 Å². The Bertz CT molecular complexity index is 639. The molecule has 7 nitrogen and oxygen atoms in total. The van der Waals surface area contributed by atoms with Crippen molar-refractivity contribution in [1.82, 2.24) is 10.2 Å². The van der Waals surface area contributed by atoms with Gasteiger partial charge in [-0.1, -0.05) is 0 Å². The van der Waals surface area contributed by atoms with Crippen LogP contribution < -0.4 is 15.0 Å². The first-order chi connectivity index (χ1) is 12.5. The van der Waals surface area contributed by atoms with Crippen LogP contribution in [0.4, 0.5) is 10.5 Å². The molecule has 0 aromatic heterocycles. The maximum Gasteiger partial charge on any atom is 0.317 e. The fourth-order valence-electron chi connectivity index (χ4n) is 3.55. The molecule has 1 N–H and O–H groups in total. The predicted octanol–water partition coefficient (Wildman–Crippen LogP) is 2.01. The number of nitrogens with one attached hydrogen (secondary N) is 1. The minimum Gasteiger partial charge on any atom is -0.494 e. The Morgan fingerprint density at radius 2 is 1.85 bits per heavy atom. The number of benzene rings is 1. The van der Waals surface area contributed by atoms with E-state index in [-0.39, 0.29) is 30.2 Å². The highest BCUT2D eigenvalue weighted by molar-refractivity contribution is 5.96. The molecule has 0 spiro atoms. The van der Waals surface area contributed by atoms with E-state index in [9.17, 15) is 9.59 Å². The highest BCUT2D eigenvalue weighted by Gasteiger charge is 2.34. The molecular formula is C19H27N3O4. The topological polar surface area (TPSA) is 71.1 Å². The van der Waals surface area contributed by atoms with Gasteiger partial charge in [-0.05, 0) is 45.0 Å². The molecule has 7 heteroatoms. The lowest BCUT2D eigenvalue weighted by Crippen LogP contribution is -2.53. The second-order valence-corrected chi connectivity index (χ2v) is 6.94. The van der Waals surface area contributed by atoms with Gasteiger partial charge in [-0.2, -0.15) is 0 Å². The Morgan fingerprint density at radius 3 is 2.46 bits per heavy atom. The normalized spacial score (nSPS) is 26.1. The van der Waals surface area contributed by atoms with Gasteiger partial charge in [0.2, 0.25) is 5.91 Å². The van der Waals surface area contributed by atoms with E-state index in [0.29, 0.717) is 32.7 Å². The molecule has 0 radical (unpaired) electrons. The zero-order chi connectivity index (χ0) is 18.7. The highest BCUT2D eigenvalue weighted by Crippen LogP contribution is 2.24. The molecule has 0 bridgehead atoms. The number of amides is 3. The third-order valence-electron chi connectivity index (χ3n) is 4.62. The maximum absolute atomic E-state index is 12.5. The van der Waals surface area contributed by atoms with Crippen molar-refractivity contribution in [3.05, 3.63) is 24.3 Å². The molecule has 0 aliphatic carbocycles. The molecule has 1 aromatic carbocycles. The summed E-state index contributed by atoms with van der Waals surface area (Å²) in [4.78, 5) is 28.4. The lowest BCUT2D eigenvalue weighted by atomic mass is 10.2. The van der Waals surface area contributed by atoms with Crippen LogP contribution in [0.3, 0.4) is 0 Å². The Morgan fingerprint density at radius 1 is 1.19 bits per heavy atom. The van der Waals surface area contributed by atoms with Crippen LogP contribution >= 0.6 is 0 Å². The minimum absolute atomic E-state index is 0.0168. The van der Waals surface area contributed by atoms with Gasteiger partial charge in [-0.15, -0.1) is 0 Å². The van der Waals surface area contributed by atoms with Gasteiger partial charge in [-0.3, -0.25) is 4.79 Å². The molecular weight excluding hydrogens is 334 g/mol. The van der Waals surface area contributed by atoms with Gasteiger partial charge in [0.1, 0.15) is 5.75 Å². The molecule has 2 fully saturated rings. The van der Waals surface area contributed by atoms with Crippen molar-refractivity contribution in [2.45, 2.75) is 45.4 Å². The first-order valence-electron chi connectivity index (χ1n) is 9.20. The van der Waals surface area contributed by atoms with Gasteiger partial charge >= 0.3 is 6.03 Å². The number of hydrogen-bond acceptors (Lipinski definition) is 4. The maximum atomic E-state index is 12.5. The van der Waals surface area contributed by atoms with Crippen LogP contribution in [0.5, 0.6) is 5.75 Å². The standard InChI is InChI=1S/C19H27N3O4/c1-4-25-17-7-5-16(6-8-17)22-12-15(9-18(22)23)20-19(24)21-10-13(2)26-14(3)11-21/h5-8,13-15H,4,9-12H2,1-3H3,(H,20,24)/t13-,14-,15+/m1/s1. The van der Waals surface area contributed by atoms with Gasteiger partial charge in [0, 0.05) is 31.7 Å². The van der Waals surface area contributed by atoms with E-state index in [1.807, 2.05) is 45.0 Å². The second kappa shape index (κ2) is 7.95. The number of carbonyl (C=O) groups excluding carboxylic acids is 2. The molecule has 3 atom stereocenters. The average molecular weight is 361 g/mol. The number of morpholine rings is 1. The van der Waals surface area contributed by atoms with Crippen molar-refractivity contribution >= 4 is 17.6 Å². The Kier molecular flexibility index (Phi) is 5.66. The van der Waals surface area contributed by atoms with E-state index >= 15 is 0 Å². The van der Waals surface area contributed by atoms with Crippen LogP contribution in [-0.2, 0) is 9.53 Å². The quantitative estimate of drug-likeness (QED) is 0.891. The molecule has 3 amide bonds. The van der Waals surface area contributed by atoms with Gasteiger partial charge in [0.05, 0.1) is 24.9 Å². The largest absolute Gasteiger partial charge is 0.494 e. The van der Waals surface area contributed by atoms with E-state index in [2.05, 4.69) is 5.32 Å². The summed E-state index contributed by atoms with van der Waals surface area (Å²) in [7, 11) is 0. The van der Waals surface area contributed by atoms with E-state index in [0.717, 1.165) is 11.4 Å². The Hall–Kier alpha value is -2.28. The second-order valence-electron chi connectivity index (χ2n) is 6.94. The summed E-state index contributed by atoms with van der Waals surface area (Å²) in [5, 5.41) is 3.00. The van der Waals surface area contributed by atoms with Crippen molar-refractivity contribution in [2.24, 2.45) is 0 Å². The van der Waals surface area contributed by atoms with E-state index < -0.39 is 0 Å². The smallest absolute Gasteiger partial charge is 0.317 e. The molecule has 142 valence electrons. The summed E-state index contributed by atoms with van der Waals surface area (Å²) in [5.74, 6) is 0.798. The monoisotopic (exact) mass is 361 g/mol. The molecule has 2 aliphatic rings. The Labute approximate surface area is 154 Å². The number of ether oxygens (including phenoxy) is 2. The van der Waals surface area contributed by atoms with Crippen molar-refractivity contribution < 1.29 is 19.1 Å². The van der Waals surface area contributed by atoms with Crippen molar-refractivity contribution in [1.29, 1.82) is 0 Å². The van der Waals surface area contributed by atoms with E-state index in [1.165, 1.54) is 0 Å². The van der Waals surface area contributed by atoms with Crippen molar-refractivity contribution in [2.75, 3.05) is 31.1 Å². The van der Waals surface area contributed by atoms with Crippen molar-refractivity contribution in [3.63, 3.8) is 0 Å². The van der Waals surface area contributed by atoms with Crippen LogP contribution in [0.1, 0.15) is 27.2 Å². The predicted molar refractivity (Wildman–Crippen MR) is 98.5 cm³/mol. The van der Waals surface area contributed by atoms with Crippen LogP contribution in [0.15, 0.2) is 24.3 Å². The minimum atomic E-state index is -0.185. The van der Waals surface area contributed by atoms with E-state index in [1.54, 1.807) is 9.80 Å². The fraction of sp³-hybridized carbons (Fsp3) is 0.579. The molecule has 2 heterocycles. The van der Waals surface area contributed by atoms with Crippen LogP contribution in [-0.4, -0.2) is 61.3 Å². The molecule has 1 aromatic rings. The third kappa shape index (κ3) is 4.27. The van der Waals surface area contributed by atoms with E-state index in [4.69, 9.17) is 9.47 Å². The molecule has 2 saturated heterocycles. The van der Waals surface area contributed by atoms with Gasteiger partial charge in [-0.25, -0.2) is 4.79 Å². The fourth-order valence-corrected chi connectivity index (χ4v) is 3.55. The average Bonchev–Trinajstić information content (AvgIpc) is 2.95. The number of rotatable bonds is 4. The zero-order valence-corrected chi connectivity index (χ0v) is 15.6. The zero-order valence-electron chi connectivity index (χ0n) is 15.6. The molecule has 3 rings (SSSR count). The summed E-state index contributed by atoms with van der Waals surface area (Å²) in [6, 6.07) is 7.15. The van der Waals surface area contributed by atoms with Gasteiger partial charge in [0.15, 0.2) is 0 Å². The third-order valence-corrected chi connectivity index (χ3v) is 4.62. The first kappa shape index (κ1) is 18.5. The molecule has 0 saturated carbocycles. The molecule has 0 unspecified atom stereocenters. The lowest BCUT2D eigenvalue weighted by Gasteiger charge is -2.35. The van der Waals surface area contributed by atoms with Crippen molar-refractivity contribution in [3.8, 4) is 5.75 Å². The number of hydrogen-bond donors (Lipinski definition) is 1. The van der Waals surface area contributed by atoms with Crippen LogP contribution in [0.25, 0.3) is 0 Å². The summed E-state index contributed by atoms with van der Waals surface area (Å²) >= 11 is 0. The van der Waals surface area contributed by atoms with Gasteiger partial charge in [0.25, 0.3) is 0 Å².